The first kappa shape index (κ1) is 37.6. The molecule has 0 spiro atoms. The van der Waals surface area contributed by atoms with E-state index in [9.17, 15) is 29.4 Å². The zero-order valence-corrected chi connectivity index (χ0v) is 26.7. The molecule has 21 heteroatoms. The third-order valence-corrected chi connectivity index (χ3v) is 8.82. The van der Waals surface area contributed by atoms with E-state index in [2.05, 4.69) is 49.9 Å². The number of aromatic nitrogens is 4. The Bertz CT molecular complexity index is 1280. The second kappa shape index (κ2) is 18.4. The van der Waals surface area contributed by atoms with Crippen molar-refractivity contribution in [2.45, 2.75) is 67.2 Å². The van der Waals surface area contributed by atoms with Crippen LogP contribution in [0.3, 0.4) is 0 Å². The molecule has 0 aliphatic carbocycles. The summed E-state index contributed by atoms with van der Waals surface area (Å²) >= 11 is 7.56. The summed E-state index contributed by atoms with van der Waals surface area (Å²) in [6, 6.07) is -2.61. The monoisotopic (exact) mass is 728 g/mol. The SMILES string of the molecule is N[C@@H](CCC(=O)C[Se]N[C@@H](CS)C(=O)O)C(=O)O.Nc1ncnc2c1ncn2[C@@H]1O[C@H](CN[C@@H](CCS)C(=O)O)[C@@H](O)[C@H]1O. The first-order valence-corrected chi connectivity index (χ1v) is 16.4. The summed E-state index contributed by atoms with van der Waals surface area (Å²) < 4.78 is 9.92. The van der Waals surface area contributed by atoms with Gasteiger partial charge in [-0.1, -0.05) is 0 Å². The number of nitrogens with two attached hydrogens (primary N) is 2. The van der Waals surface area contributed by atoms with Crippen LogP contribution in [0.4, 0.5) is 5.82 Å². The molecule has 18 nitrogen and oxygen atoms in total. The van der Waals surface area contributed by atoms with Crippen LogP contribution in [0, 0.1) is 0 Å². The number of aliphatic hydroxyl groups excluding tert-OH is 2. The van der Waals surface area contributed by atoms with Crippen LogP contribution in [-0.2, 0) is 23.9 Å². The summed E-state index contributed by atoms with van der Waals surface area (Å²) in [5, 5.41) is 50.0. The van der Waals surface area contributed by atoms with Crippen molar-refractivity contribution in [2.24, 2.45) is 5.73 Å². The van der Waals surface area contributed by atoms with Crippen LogP contribution >= 0.6 is 25.3 Å². The number of nitrogens with zero attached hydrogens (tertiary/aromatic N) is 4. The average molecular weight is 728 g/mol. The van der Waals surface area contributed by atoms with E-state index in [1.165, 1.54) is 17.2 Å². The number of rotatable bonds is 17. The predicted octanol–water partition coefficient (Wildman–Crippen LogP) is -2.85. The van der Waals surface area contributed by atoms with Crippen molar-refractivity contribution in [2.75, 3.05) is 23.8 Å². The van der Waals surface area contributed by atoms with Crippen molar-refractivity contribution in [1.82, 2.24) is 29.2 Å². The quantitative estimate of drug-likeness (QED) is 0.0577. The van der Waals surface area contributed by atoms with Crippen LogP contribution in [0.15, 0.2) is 12.7 Å². The molecule has 0 amide bonds. The molecule has 2 aromatic heterocycles. The molecule has 0 saturated carbocycles. The van der Waals surface area contributed by atoms with Crippen LogP contribution < -0.4 is 21.1 Å². The van der Waals surface area contributed by atoms with Gasteiger partial charge in [0.15, 0.2) is 17.7 Å². The Labute approximate surface area is 268 Å². The number of nitrogen functional groups attached to an aromatic ring is 1. The Hall–Kier alpha value is -2.59. The number of nitrogens with one attached hydrogen (secondary N) is 2. The van der Waals surface area contributed by atoms with E-state index in [1.54, 1.807) is 0 Å². The zero-order valence-electron chi connectivity index (χ0n) is 23.2. The van der Waals surface area contributed by atoms with Crippen molar-refractivity contribution in [1.29, 1.82) is 0 Å². The molecular weight excluding hydrogens is 691 g/mol. The molecule has 3 rings (SSSR count). The maximum atomic E-state index is 11.4. The van der Waals surface area contributed by atoms with E-state index >= 15 is 0 Å². The fraction of sp³-hybridized carbons (Fsp3) is 0.609. The number of carboxylic acid groups (broad SMARTS) is 3. The summed E-state index contributed by atoms with van der Waals surface area (Å²) in [6.45, 7) is 0.0449. The Morgan fingerprint density at radius 3 is 2.30 bits per heavy atom. The number of carbonyl (C=O) groups is 4. The summed E-state index contributed by atoms with van der Waals surface area (Å²) in [4.78, 5) is 55.6. The van der Waals surface area contributed by atoms with Gasteiger partial charge in [0.25, 0.3) is 0 Å². The smallest absolute Gasteiger partial charge is 0.320 e. The number of fused-ring (bicyclic) bond motifs is 1. The Balaban J connectivity index is 0.000000331. The molecule has 1 fully saturated rings. The van der Waals surface area contributed by atoms with E-state index < -0.39 is 60.6 Å². The summed E-state index contributed by atoms with van der Waals surface area (Å²) in [5.74, 6) is -2.55. The van der Waals surface area contributed by atoms with Gasteiger partial charge >= 0.3 is 122 Å². The van der Waals surface area contributed by atoms with Gasteiger partial charge in [-0.15, -0.1) is 0 Å². The van der Waals surface area contributed by atoms with Gasteiger partial charge in [-0.2, -0.15) is 12.6 Å². The normalized spacial score (nSPS) is 21.7. The molecule has 246 valence electrons. The summed E-state index contributed by atoms with van der Waals surface area (Å²) in [5.41, 5.74) is 11.7. The average Bonchev–Trinajstić information content (AvgIpc) is 3.53. The van der Waals surface area contributed by atoms with Gasteiger partial charge in [0.2, 0.25) is 0 Å². The van der Waals surface area contributed by atoms with Gasteiger partial charge in [-0.25, -0.2) is 15.0 Å². The van der Waals surface area contributed by atoms with Crippen LogP contribution in [0.2, 0.25) is 5.32 Å². The molecule has 7 atom stereocenters. The number of aliphatic carboxylic acids is 3. The van der Waals surface area contributed by atoms with Crippen LogP contribution in [0.25, 0.3) is 11.2 Å². The topological polar surface area (TPSA) is 298 Å². The number of carbonyl (C=O) groups excluding carboxylic acids is 1. The number of hydrogen-bond donors (Lipinski definition) is 11. The number of hydrogen-bond acceptors (Lipinski definition) is 16. The van der Waals surface area contributed by atoms with Crippen molar-refractivity contribution >= 4 is 81.1 Å². The van der Waals surface area contributed by atoms with Gasteiger partial charge in [-0.05, 0) is 12.2 Å². The Morgan fingerprint density at radius 1 is 1.02 bits per heavy atom. The molecule has 2 aromatic rings. The minimum atomic E-state index is -1.25. The Kier molecular flexibility index (Phi) is 15.7. The van der Waals surface area contributed by atoms with Crippen molar-refractivity contribution in [3.05, 3.63) is 12.7 Å². The van der Waals surface area contributed by atoms with Crippen molar-refractivity contribution in [3.63, 3.8) is 0 Å². The predicted molar refractivity (Wildman–Crippen MR) is 162 cm³/mol. The van der Waals surface area contributed by atoms with E-state index in [0.29, 0.717) is 23.3 Å². The van der Waals surface area contributed by atoms with E-state index in [0.717, 1.165) is 0 Å². The molecule has 1 aliphatic heterocycles. The molecule has 1 aliphatic rings. The molecule has 0 radical (unpaired) electrons. The second-order valence-corrected chi connectivity index (χ2v) is 12.0. The third kappa shape index (κ3) is 10.8. The van der Waals surface area contributed by atoms with E-state index in [4.69, 9.17) is 31.5 Å². The molecule has 0 unspecified atom stereocenters. The number of carboxylic acids is 3. The largest absolute Gasteiger partial charge is 0.480 e. The van der Waals surface area contributed by atoms with Crippen molar-refractivity contribution < 1.29 is 49.4 Å². The number of aliphatic hydroxyl groups is 2. The second-order valence-electron chi connectivity index (χ2n) is 9.44. The molecule has 0 bridgehead atoms. The first-order chi connectivity index (χ1) is 20.8. The molecular formula is C23H36N8O10S2Se. The number of ketones is 1. The minimum Gasteiger partial charge on any atom is -0.480 e. The first-order valence-electron chi connectivity index (χ1n) is 13.0. The van der Waals surface area contributed by atoms with Gasteiger partial charge in [0.05, 0.1) is 6.33 Å². The number of anilines is 1. The fourth-order valence-corrected chi connectivity index (χ4v) is 6.19. The maximum absolute atomic E-state index is 11.4. The van der Waals surface area contributed by atoms with Crippen LogP contribution in [-0.4, -0.2) is 138 Å². The van der Waals surface area contributed by atoms with Crippen LogP contribution in [0.5, 0.6) is 0 Å². The van der Waals surface area contributed by atoms with E-state index in [-0.39, 0.29) is 57.2 Å². The van der Waals surface area contributed by atoms with Gasteiger partial charge in [-0.3, -0.25) is 9.36 Å². The minimum absolute atomic E-state index is 0.0449. The maximum Gasteiger partial charge on any atom is 0.320 e. The van der Waals surface area contributed by atoms with Gasteiger partial charge in [0.1, 0.15) is 36.2 Å². The number of thiol groups is 2. The number of ether oxygens (including phenoxy) is 1. The standard InChI is InChI=1S/C14H20N6O5S.C9H16N2O5SSe/c15-11-8-12(18-4-17-11)20(5-19-8)13-10(22)9(21)7(25-13)3-16-6(1-2-26)14(23)24;10-6(8(13)14)2-1-5(12)4-18-11-7(3-17)9(15)16/h4-7,9-10,13,16,21-22,26H,1-3H2,(H,23,24)(H2,15,17,18);6-7,11,17H,1-4,10H2,(H,13,14)(H,15,16)/t6-,7+,9+,10+,13+;6-,7-/m00/s1. The Morgan fingerprint density at radius 2 is 1.70 bits per heavy atom. The van der Waals surface area contributed by atoms with Crippen molar-refractivity contribution in [3.8, 4) is 0 Å². The molecule has 3 heterocycles. The number of Topliss-reactive ketones (excluding diaryl/α,β-unsaturated/α-hetero) is 1. The number of imidazole rings is 1. The molecule has 11 N–H and O–H groups in total. The van der Waals surface area contributed by atoms with Gasteiger partial charge < -0.3 is 31.1 Å². The van der Waals surface area contributed by atoms with E-state index in [1.807, 2.05) is 0 Å². The zero-order chi connectivity index (χ0) is 33.0. The van der Waals surface area contributed by atoms with Gasteiger partial charge in [0, 0.05) is 6.54 Å². The third-order valence-electron chi connectivity index (χ3n) is 6.27. The summed E-state index contributed by atoms with van der Waals surface area (Å²) in [6.07, 6.45) is -1.05. The molecule has 44 heavy (non-hydrogen) atoms. The summed E-state index contributed by atoms with van der Waals surface area (Å²) in [7, 11) is 0. The molecule has 0 aromatic carbocycles. The fourth-order valence-electron chi connectivity index (χ4n) is 3.78. The molecule has 1 saturated heterocycles. The van der Waals surface area contributed by atoms with Crippen LogP contribution in [0.1, 0.15) is 25.5 Å².